The lowest BCUT2D eigenvalue weighted by molar-refractivity contribution is 0.0583. The van der Waals surface area contributed by atoms with Crippen LogP contribution in [0.2, 0.25) is 0 Å². The highest BCUT2D eigenvalue weighted by atomic mass is 16.5. The number of aromatic nitrogens is 2. The Hall–Kier alpha value is -3.00. The van der Waals surface area contributed by atoms with E-state index in [0.29, 0.717) is 5.82 Å². The summed E-state index contributed by atoms with van der Waals surface area (Å²) < 4.78 is 11.2. The van der Waals surface area contributed by atoms with Gasteiger partial charge in [-0.15, -0.1) is 0 Å². The Morgan fingerprint density at radius 2 is 1.96 bits per heavy atom. The Morgan fingerprint density at radius 3 is 2.58 bits per heavy atom. The van der Waals surface area contributed by atoms with Crippen LogP contribution in [0, 0.1) is 0 Å². The zero-order chi connectivity index (χ0) is 18.7. The average molecular weight is 357 g/mol. The Balaban J connectivity index is 2.05. The number of carbonyl (C=O) groups excluding carboxylic acids is 2. The lowest BCUT2D eigenvalue weighted by atomic mass is 10.2. The molecule has 2 heterocycles. The maximum Gasteiger partial charge on any atom is 0.360 e. The number of hydrogen-bond acceptors (Lipinski definition) is 7. The van der Waals surface area contributed by atoms with E-state index in [4.69, 9.17) is 9.47 Å². The van der Waals surface area contributed by atoms with Crippen LogP contribution in [0.15, 0.2) is 35.1 Å². The molecule has 8 nitrogen and oxygen atoms in total. The molecule has 1 saturated heterocycles. The van der Waals surface area contributed by atoms with Crippen molar-refractivity contribution in [1.29, 1.82) is 0 Å². The van der Waals surface area contributed by atoms with E-state index < -0.39 is 23.2 Å². The second-order valence-electron chi connectivity index (χ2n) is 5.91. The van der Waals surface area contributed by atoms with Gasteiger partial charge in [0, 0.05) is 7.05 Å². The number of methoxy groups -OCH3 is 1. The molecule has 8 heteroatoms. The lowest BCUT2D eigenvalue weighted by Gasteiger charge is -2.17. The third-order valence-corrected chi connectivity index (χ3v) is 4.24. The lowest BCUT2D eigenvalue weighted by Crippen LogP contribution is -2.32. The maximum atomic E-state index is 12.8. The fraction of sp³-hybridized carbons (Fsp3) is 0.333. The van der Waals surface area contributed by atoms with Crippen molar-refractivity contribution in [1.82, 2.24) is 14.9 Å². The Kier molecular flexibility index (Phi) is 5.13. The molecule has 1 aromatic carbocycles. The Morgan fingerprint density at radius 1 is 1.23 bits per heavy atom. The molecule has 0 bridgehead atoms. The van der Waals surface area contributed by atoms with Gasteiger partial charge in [0.05, 0.1) is 18.7 Å². The van der Waals surface area contributed by atoms with E-state index in [0.717, 1.165) is 19.4 Å². The van der Waals surface area contributed by atoms with Crippen LogP contribution in [0.3, 0.4) is 0 Å². The molecule has 0 amide bonds. The molecule has 1 unspecified atom stereocenters. The molecule has 0 spiro atoms. The summed E-state index contributed by atoms with van der Waals surface area (Å²) in [6, 6.07) is 8.05. The summed E-state index contributed by atoms with van der Waals surface area (Å²) in [6.07, 6.45) is 1.74. The Labute approximate surface area is 149 Å². The van der Waals surface area contributed by atoms with Gasteiger partial charge in [-0.05, 0) is 31.5 Å². The number of nitrogens with one attached hydrogen (secondary N) is 1. The van der Waals surface area contributed by atoms with E-state index in [9.17, 15) is 14.4 Å². The van der Waals surface area contributed by atoms with Crippen molar-refractivity contribution < 1.29 is 19.1 Å². The quantitative estimate of drug-likeness (QED) is 0.821. The van der Waals surface area contributed by atoms with E-state index in [-0.39, 0.29) is 17.3 Å². The molecule has 136 valence electrons. The van der Waals surface area contributed by atoms with Crippen LogP contribution in [0.1, 0.15) is 45.6 Å². The van der Waals surface area contributed by atoms with Crippen LogP contribution in [0.5, 0.6) is 5.75 Å². The van der Waals surface area contributed by atoms with E-state index in [1.165, 1.54) is 18.7 Å². The largest absolute Gasteiger partial charge is 0.464 e. The molecular formula is C18H19N3O5. The average Bonchev–Trinajstić information content (AvgIpc) is 3.20. The molecule has 1 fully saturated rings. The minimum Gasteiger partial charge on any atom is -0.464 e. The van der Waals surface area contributed by atoms with Crippen LogP contribution >= 0.6 is 0 Å². The van der Waals surface area contributed by atoms with Gasteiger partial charge < -0.3 is 14.8 Å². The van der Waals surface area contributed by atoms with Crippen LogP contribution in [-0.2, 0) is 11.8 Å². The number of rotatable bonds is 4. The molecule has 1 N–H and O–H groups in total. The highest BCUT2D eigenvalue weighted by Crippen LogP contribution is 2.23. The number of benzene rings is 1. The second kappa shape index (κ2) is 7.49. The molecule has 3 rings (SSSR count). The molecule has 1 aliphatic heterocycles. The second-order valence-corrected chi connectivity index (χ2v) is 5.91. The molecule has 1 aliphatic rings. The van der Waals surface area contributed by atoms with Gasteiger partial charge in [-0.3, -0.25) is 9.36 Å². The summed E-state index contributed by atoms with van der Waals surface area (Å²) in [5.74, 6) is -1.61. The summed E-state index contributed by atoms with van der Waals surface area (Å²) in [5.41, 5.74) is -0.663. The van der Waals surface area contributed by atoms with E-state index >= 15 is 0 Å². The van der Waals surface area contributed by atoms with Crippen LogP contribution in [-0.4, -0.2) is 35.1 Å². The van der Waals surface area contributed by atoms with Gasteiger partial charge in [0.15, 0.2) is 5.69 Å². The fourth-order valence-electron chi connectivity index (χ4n) is 2.87. The molecule has 0 aliphatic carbocycles. The minimum atomic E-state index is -0.835. The van der Waals surface area contributed by atoms with Crippen LogP contribution < -0.4 is 15.6 Å². The van der Waals surface area contributed by atoms with Crippen molar-refractivity contribution in [3.63, 3.8) is 0 Å². The first-order valence-corrected chi connectivity index (χ1v) is 8.22. The molecular weight excluding hydrogens is 338 g/mol. The zero-order valence-electron chi connectivity index (χ0n) is 14.5. The van der Waals surface area contributed by atoms with Gasteiger partial charge in [0.1, 0.15) is 5.82 Å². The molecule has 1 aromatic heterocycles. The summed E-state index contributed by atoms with van der Waals surface area (Å²) in [6.45, 7) is 0.804. The third kappa shape index (κ3) is 3.36. The SMILES string of the molecule is COC(=O)c1nc(C2CCCN2)n(C)c(=O)c1OC(=O)c1ccccc1. The number of hydrogen-bond donors (Lipinski definition) is 1. The molecule has 0 radical (unpaired) electrons. The third-order valence-electron chi connectivity index (χ3n) is 4.24. The zero-order valence-corrected chi connectivity index (χ0v) is 14.5. The predicted molar refractivity (Wildman–Crippen MR) is 92.2 cm³/mol. The van der Waals surface area contributed by atoms with E-state index in [1.807, 2.05) is 0 Å². The molecule has 26 heavy (non-hydrogen) atoms. The van der Waals surface area contributed by atoms with Gasteiger partial charge in [0.2, 0.25) is 5.75 Å². The van der Waals surface area contributed by atoms with Crippen molar-refractivity contribution >= 4 is 11.9 Å². The standard InChI is InChI=1S/C18H19N3O5/c1-21-15(12-9-6-10-19-12)20-13(18(24)25-2)14(16(21)22)26-17(23)11-7-4-3-5-8-11/h3-5,7-8,12,19H,6,9-10H2,1-2H3. The van der Waals surface area contributed by atoms with E-state index in [2.05, 4.69) is 10.3 Å². The summed E-state index contributed by atoms with van der Waals surface area (Å²) in [5, 5.41) is 3.23. The van der Waals surface area contributed by atoms with Gasteiger partial charge in [-0.1, -0.05) is 18.2 Å². The fourth-order valence-corrected chi connectivity index (χ4v) is 2.87. The smallest absolute Gasteiger partial charge is 0.360 e. The first kappa shape index (κ1) is 17.8. The Bertz CT molecular complexity index is 886. The van der Waals surface area contributed by atoms with Gasteiger partial charge in [-0.25, -0.2) is 14.6 Å². The van der Waals surface area contributed by atoms with Crippen LogP contribution in [0.4, 0.5) is 0 Å². The van der Waals surface area contributed by atoms with Crippen molar-refractivity contribution in [2.24, 2.45) is 7.05 Å². The van der Waals surface area contributed by atoms with E-state index in [1.54, 1.807) is 30.3 Å². The van der Waals surface area contributed by atoms with Crippen molar-refractivity contribution in [2.75, 3.05) is 13.7 Å². The van der Waals surface area contributed by atoms with Crippen LogP contribution in [0.25, 0.3) is 0 Å². The summed E-state index contributed by atoms with van der Waals surface area (Å²) >= 11 is 0. The minimum absolute atomic E-state index is 0.144. The first-order chi connectivity index (χ1) is 12.5. The molecule has 2 aromatic rings. The van der Waals surface area contributed by atoms with Crippen molar-refractivity contribution in [2.45, 2.75) is 18.9 Å². The number of carbonyl (C=O) groups is 2. The maximum absolute atomic E-state index is 12.8. The normalized spacial score (nSPS) is 16.3. The molecule has 1 atom stereocenters. The topological polar surface area (TPSA) is 99.5 Å². The highest BCUT2D eigenvalue weighted by molar-refractivity contribution is 5.94. The molecule has 0 saturated carbocycles. The number of ether oxygens (including phenoxy) is 2. The number of esters is 2. The highest BCUT2D eigenvalue weighted by Gasteiger charge is 2.29. The van der Waals surface area contributed by atoms with Gasteiger partial charge >= 0.3 is 11.9 Å². The van der Waals surface area contributed by atoms with Gasteiger partial charge in [-0.2, -0.15) is 0 Å². The summed E-state index contributed by atoms with van der Waals surface area (Å²) in [7, 11) is 2.71. The predicted octanol–water partition coefficient (Wildman–Crippen LogP) is 1.21. The van der Waals surface area contributed by atoms with Crippen molar-refractivity contribution in [3.05, 3.63) is 57.8 Å². The number of nitrogens with zero attached hydrogens (tertiary/aromatic N) is 2. The monoisotopic (exact) mass is 357 g/mol. The first-order valence-electron chi connectivity index (χ1n) is 8.22. The van der Waals surface area contributed by atoms with Gasteiger partial charge in [0.25, 0.3) is 5.56 Å². The summed E-state index contributed by atoms with van der Waals surface area (Å²) in [4.78, 5) is 41.5. The van der Waals surface area contributed by atoms with Crippen molar-refractivity contribution in [3.8, 4) is 5.75 Å².